The van der Waals surface area contributed by atoms with Gasteiger partial charge in [-0.05, 0) is 51.0 Å². The highest BCUT2D eigenvalue weighted by Crippen LogP contribution is 2.29. The molecule has 1 aromatic carbocycles. The van der Waals surface area contributed by atoms with E-state index in [4.69, 9.17) is 4.74 Å². The van der Waals surface area contributed by atoms with Crippen molar-refractivity contribution in [3.63, 3.8) is 0 Å². The number of benzene rings is 1. The molecule has 1 saturated carbocycles. The number of nitrogens with zero attached hydrogens (tertiary/aromatic N) is 1. The third kappa shape index (κ3) is 4.62. The average molecular weight is 425 g/mol. The van der Waals surface area contributed by atoms with Gasteiger partial charge >= 0.3 is 5.97 Å². The number of hydrogen-bond donors (Lipinski definition) is 2. The molecule has 1 aromatic rings. The lowest BCUT2D eigenvalue weighted by Crippen LogP contribution is -2.55. The summed E-state index contributed by atoms with van der Waals surface area (Å²) in [5.74, 6) is -1.54. The lowest BCUT2D eigenvalue weighted by Gasteiger charge is -2.34. The minimum atomic E-state index is -3.70. The summed E-state index contributed by atoms with van der Waals surface area (Å²) in [5.41, 5.74) is -1.01. The van der Waals surface area contributed by atoms with E-state index in [0.29, 0.717) is 12.8 Å². The quantitative estimate of drug-likeness (QED) is 0.748. The van der Waals surface area contributed by atoms with Crippen molar-refractivity contribution in [1.29, 1.82) is 0 Å². The second-order valence-corrected chi connectivity index (χ2v) is 9.94. The summed E-state index contributed by atoms with van der Waals surface area (Å²) in [7, 11) is -3.70. The summed E-state index contributed by atoms with van der Waals surface area (Å²) in [6.07, 6.45) is 2.86. The Morgan fingerprint density at radius 1 is 1.07 bits per heavy atom. The number of carbonyl (C=O) groups excluding carboxylic acids is 1. The Hall–Kier alpha value is -1.97. The van der Waals surface area contributed by atoms with Crippen LogP contribution in [0.1, 0.15) is 56.3 Å². The number of ether oxygens (including phenoxy) is 1. The SMILES string of the molecule is C[C@@H]1CN(S(=O)(=O)c2ccc(C(=O)NC3(C(=O)O)CCCCC3)cc2)C[C@H](C)O1. The lowest BCUT2D eigenvalue weighted by atomic mass is 9.81. The molecule has 1 aliphatic carbocycles. The van der Waals surface area contributed by atoms with Gasteiger partial charge in [-0.1, -0.05) is 19.3 Å². The summed E-state index contributed by atoms with van der Waals surface area (Å²) >= 11 is 0. The van der Waals surface area contributed by atoms with Crippen LogP contribution in [0, 0.1) is 0 Å². The maximum Gasteiger partial charge on any atom is 0.329 e. The van der Waals surface area contributed by atoms with Crippen LogP contribution in [0.25, 0.3) is 0 Å². The molecule has 0 radical (unpaired) electrons. The van der Waals surface area contributed by atoms with Crippen molar-refractivity contribution in [2.24, 2.45) is 0 Å². The van der Waals surface area contributed by atoms with E-state index in [1.807, 2.05) is 13.8 Å². The van der Waals surface area contributed by atoms with Crippen LogP contribution in [0.5, 0.6) is 0 Å². The average Bonchev–Trinajstić information content (AvgIpc) is 2.68. The minimum Gasteiger partial charge on any atom is -0.480 e. The van der Waals surface area contributed by atoms with E-state index in [0.717, 1.165) is 19.3 Å². The van der Waals surface area contributed by atoms with Gasteiger partial charge in [-0.3, -0.25) is 4.79 Å². The third-order valence-corrected chi connectivity index (χ3v) is 7.46. The zero-order chi connectivity index (χ0) is 21.2. The van der Waals surface area contributed by atoms with Gasteiger partial charge in [-0.2, -0.15) is 4.31 Å². The van der Waals surface area contributed by atoms with E-state index in [-0.39, 0.29) is 35.8 Å². The molecule has 2 aliphatic rings. The lowest BCUT2D eigenvalue weighted by molar-refractivity contribution is -0.145. The van der Waals surface area contributed by atoms with Crippen molar-refractivity contribution in [2.75, 3.05) is 13.1 Å². The number of sulfonamides is 1. The Morgan fingerprint density at radius 3 is 2.14 bits per heavy atom. The molecule has 2 atom stereocenters. The fourth-order valence-corrected chi connectivity index (χ4v) is 5.68. The van der Waals surface area contributed by atoms with Gasteiger partial charge in [0.25, 0.3) is 5.91 Å². The molecule has 9 heteroatoms. The zero-order valence-electron chi connectivity index (χ0n) is 16.8. The van der Waals surface area contributed by atoms with Crippen molar-refractivity contribution in [2.45, 2.75) is 68.6 Å². The van der Waals surface area contributed by atoms with Crippen molar-refractivity contribution >= 4 is 21.9 Å². The van der Waals surface area contributed by atoms with E-state index in [1.54, 1.807) is 0 Å². The second-order valence-electron chi connectivity index (χ2n) is 8.01. The Morgan fingerprint density at radius 2 is 1.62 bits per heavy atom. The first-order valence-corrected chi connectivity index (χ1v) is 11.4. The van der Waals surface area contributed by atoms with Gasteiger partial charge in [0.15, 0.2) is 0 Å². The minimum absolute atomic E-state index is 0.0981. The van der Waals surface area contributed by atoms with Gasteiger partial charge in [0.2, 0.25) is 10.0 Å². The number of carbonyl (C=O) groups is 2. The second kappa shape index (κ2) is 8.41. The summed E-state index contributed by atoms with van der Waals surface area (Å²) in [6.45, 7) is 4.20. The van der Waals surface area contributed by atoms with Crippen LogP contribution in [-0.2, 0) is 19.6 Å². The number of aliphatic carboxylic acids is 1. The first-order valence-electron chi connectivity index (χ1n) is 9.96. The number of amides is 1. The monoisotopic (exact) mass is 424 g/mol. The van der Waals surface area contributed by atoms with E-state index in [1.165, 1.54) is 28.6 Å². The van der Waals surface area contributed by atoms with E-state index >= 15 is 0 Å². The molecular formula is C20H28N2O6S. The molecule has 1 aliphatic heterocycles. The van der Waals surface area contributed by atoms with Crippen molar-refractivity contribution in [3.8, 4) is 0 Å². The molecule has 2 N–H and O–H groups in total. The van der Waals surface area contributed by atoms with Gasteiger partial charge in [-0.25, -0.2) is 13.2 Å². The first-order chi connectivity index (χ1) is 13.6. The van der Waals surface area contributed by atoms with Crippen LogP contribution >= 0.6 is 0 Å². The van der Waals surface area contributed by atoms with E-state index in [9.17, 15) is 23.1 Å². The Bertz CT molecular complexity index is 851. The molecule has 1 heterocycles. The standard InChI is InChI=1S/C20H28N2O6S/c1-14-12-22(13-15(2)28-14)29(26,27)17-8-6-16(7-9-17)18(23)21-20(19(24)25)10-4-3-5-11-20/h6-9,14-15H,3-5,10-13H2,1-2H3,(H,21,23)(H,24,25)/t14-,15+. The zero-order valence-corrected chi connectivity index (χ0v) is 17.6. The summed E-state index contributed by atoms with van der Waals surface area (Å²) in [4.78, 5) is 24.5. The van der Waals surface area contributed by atoms with Gasteiger partial charge < -0.3 is 15.2 Å². The van der Waals surface area contributed by atoms with E-state index < -0.39 is 27.4 Å². The maximum absolute atomic E-state index is 12.9. The largest absolute Gasteiger partial charge is 0.480 e. The summed E-state index contributed by atoms with van der Waals surface area (Å²) < 4.78 is 32.8. The highest BCUT2D eigenvalue weighted by atomic mass is 32.2. The summed E-state index contributed by atoms with van der Waals surface area (Å²) in [6, 6.07) is 5.63. The van der Waals surface area contributed by atoms with Crippen LogP contribution in [0.2, 0.25) is 0 Å². The molecule has 8 nitrogen and oxygen atoms in total. The maximum atomic E-state index is 12.9. The smallest absolute Gasteiger partial charge is 0.329 e. The van der Waals surface area contributed by atoms with E-state index in [2.05, 4.69) is 5.32 Å². The fourth-order valence-electron chi connectivity index (χ4n) is 4.09. The highest BCUT2D eigenvalue weighted by molar-refractivity contribution is 7.89. The number of rotatable bonds is 5. The van der Waals surface area contributed by atoms with Gasteiger partial charge in [-0.15, -0.1) is 0 Å². The molecule has 1 amide bonds. The molecule has 29 heavy (non-hydrogen) atoms. The topological polar surface area (TPSA) is 113 Å². The highest BCUT2D eigenvalue weighted by Gasteiger charge is 2.41. The van der Waals surface area contributed by atoms with Crippen LogP contribution in [0.15, 0.2) is 29.2 Å². The van der Waals surface area contributed by atoms with Crippen molar-refractivity contribution in [3.05, 3.63) is 29.8 Å². The number of carboxylic acid groups (broad SMARTS) is 1. The van der Waals surface area contributed by atoms with Gasteiger partial charge in [0, 0.05) is 18.7 Å². The molecule has 160 valence electrons. The Balaban J connectivity index is 1.75. The van der Waals surface area contributed by atoms with Crippen LogP contribution in [0.4, 0.5) is 0 Å². The number of carboxylic acids is 1. The van der Waals surface area contributed by atoms with Gasteiger partial charge in [0.1, 0.15) is 5.54 Å². The molecule has 0 unspecified atom stereocenters. The first kappa shape index (κ1) is 21.7. The van der Waals surface area contributed by atoms with Crippen LogP contribution < -0.4 is 5.32 Å². The fraction of sp³-hybridized carbons (Fsp3) is 0.600. The van der Waals surface area contributed by atoms with Crippen molar-refractivity contribution in [1.82, 2.24) is 9.62 Å². The number of hydrogen-bond acceptors (Lipinski definition) is 5. The van der Waals surface area contributed by atoms with Crippen LogP contribution in [-0.4, -0.2) is 60.5 Å². The predicted molar refractivity (Wildman–Crippen MR) is 106 cm³/mol. The molecule has 1 saturated heterocycles. The molecule has 2 fully saturated rings. The molecule has 0 aromatic heterocycles. The summed E-state index contributed by atoms with van der Waals surface area (Å²) in [5, 5.41) is 12.3. The number of morpholine rings is 1. The molecular weight excluding hydrogens is 396 g/mol. The van der Waals surface area contributed by atoms with Crippen LogP contribution in [0.3, 0.4) is 0 Å². The van der Waals surface area contributed by atoms with Crippen molar-refractivity contribution < 1.29 is 27.9 Å². The molecule has 3 rings (SSSR count). The normalized spacial score (nSPS) is 25.3. The molecule has 0 bridgehead atoms. The van der Waals surface area contributed by atoms with Gasteiger partial charge in [0.05, 0.1) is 17.1 Å². The predicted octanol–water partition coefficient (Wildman–Crippen LogP) is 2.00. The molecule has 0 spiro atoms. The Kier molecular flexibility index (Phi) is 6.30. The Labute approximate surface area is 171 Å². The third-order valence-electron chi connectivity index (χ3n) is 5.61. The number of nitrogens with one attached hydrogen (secondary N) is 1.